The number of methoxy groups -OCH3 is 1. The normalized spacial score (nSPS) is 30.2. The third kappa shape index (κ3) is 6.96. The first-order chi connectivity index (χ1) is 21.3. The van der Waals surface area contributed by atoms with Gasteiger partial charge in [-0.15, -0.1) is 0 Å². The molecule has 5 rings (SSSR count). The van der Waals surface area contributed by atoms with E-state index < -0.39 is 11.6 Å². The second kappa shape index (κ2) is 14.4. The Bertz CT molecular complexity index is 1310. The molecule has 44 heavy (non-hydrogen) atoms. The van der Waals surface area contributed by atoms with Crippen LogP contribution in [0.25, 0.3) is 0 Å². The highest BCUT2D eigenvalue weighted by Gasteiger charge is 2.46. The van der Waals surface area contributed by atoms with Gasteiger partial charge in [0, 0.05) is 26.2 Å². The number of aliphatic imine (C=N–C) groups is 1. The molecule has 5 aliphatic heterocycles. The zero-order valence-corrected chi connectivity index (χ0v) is 27.1. The van der Waals surface area contributed by atoms with Gasteiger partial charge in [0.25, 0.3) is 0 Å². The summed E-state index contributed by atoms with van der Waals surface area (Å²) in [6, 6.07) is 0. The lowest BCUT2D eigenvalue weighted by molar-refractivity contribution is -0.162. The van der Waals surface area contributed by atoms with Crippen molar-refractivity contribution in [2.45, 2.75) is 51.6 Å². The van der Waals surface area contributed by atoms with Crippen molar-refractivity contribution in [3.05, 3.63) is 69.8 Å². The standard InChI is InChI=1S/C35H50N4O5/c1-6-31(43-8-3)32(42-5)17-25-11-12-26(20-38-15-9-13-37(4)14-10-16-38)29-23-39-21-27(33(29)36-19-25)18-30-28(22-39)24-44-34(40)35(30,41)7-2/h6,17-18,41H,1,7-16,19-24H2,2-5H3/b25-17-,29-26+,32-31-,36-33?. The predicted octanol–water partition coefficient (Wildman–Crippen LogP) is 3.80. The van der Waals surface area contributed by atoms with Gasteiger partial charge in [0.05, 0.1) is 26.0 Å². The summed E-state index contributed by atoms with van der Waals surface area (Å²) in [5, 5.41) is 11.5. The lowest BCUT2D eigenvalue weighted by atomic mass is 9.83. The number of carbonyl (C=O) groups excluding carboxylic acids is 1. The van der Waals surface area contributed by atoms with Crippen molar-refractivity contribution in [3.63, 3.8) is 0 Å². The van der Waals surface area contributed by atoms with E-state index in [1.807, 2.05) is 13.8 Å². The summed E-state index contributed by atoms with van der Waals surface area (Å²) in [7, 11) is 3.88. The van der Waals surface area contributed by atoms with Crippen LogP contribution in [0.5, 0.6) is 0 Å². The largest absolute Gasteiger partial charge is 0.493 e. The first-order valence-electron chi connectivity index (χ1n) is 16.2. The van der Waals surface area contributed by atoms with Crippen LogP contribution in [0, 0.1) is 0 Å². The molecular weight excluding hydrogens is 556 g/mol. The number of allylic oxidation sites excluding steroid dienone is 2. The molecule has 0 spiro atoms. The molecule has 0 aliphatic carbocycles. The minimum atomic E-state index is -1.63. The monoisotopic (exact) mass is 606 g/mol. The van der Waals surface area contributed by atoms with Crippen LogP contribution in [-0.4, -0.2) is 123 Å². The second-order valence-corrected chi connectivity index (χ2v) is 12.5. The molecule has 5 heterocycles. The van der Waals surface area contributed by atoms with Crippen LogP contribution in [0.15, 0.2) is 74.8 Å². The third-order valence-corrected chi connectivity index (χ3v) is 9.49. The van der Waals surface area contributed by atoms with Crippen molar-refractivity contribution in [2.24, 2.45) is 4.99 Å². The van der Waals surface area contributed by atoms with E-state index in [1.165, 1.54) is 16.7 Å². The van der Waals surface area contributed by atoms with Crippen LogP contribution in [0.2, 0.25) is 0 Å². The number of piperidine rings is 1. The number of cyclic esters (lactones) is 1. The average Bonchev–Trinajstić information content (AvgIpc) is 3.15. The molecule has 2 atom stereocenters. The van der Waals surface area contributed by atoms with Crippen LogP contribution in [0.3, 0.4) is 0 Å². The van der Waals surface area contributed by atoms with E-state index in [2.05, 4.69) is 40.5 Å². The SMILES string of the molecule is C=C/C(OCC)=C(\C=C1\CC/C(CN2CCCN(C)CCC2)=C2/CN3CC(=CC4=C(COC(=O)C4(O)CC)C3)C2=NC1)OC. The highest BCUT2D eigenvalue weighted by molar-refractivity contribution is 6.15. The molecule has 9 heteroatoms. The molecule has 9 nitrogen and oxygen atoms in total. The van der Waals surface area contributed by atoms with Gasteiger partial charge in [-0.05, 0) is 124 Å². The first-order valence-corrected chi connectivity index (χ1v) is 16.2. The Balaban J connectivity index is 1.57. The van der Waals surface area contributed by atoms with E-state index in [0.29, 0.717) is 36.8 Å². The topological polar surface area (TPSA) is 87.1 Å². The van der Waals surface area contributed by atoms with E-state index in [9.17, 15) is 9.90 Å². The quantitative estimate of drug-likeness (QED) is 0.254. The van der Waals surface area contributed by atoms with Crippen molar-refractivity contribution >= 4 is 11.7 Å². The summed E-state index contributed by atoms with van der Waals surface area (Å²) in [5.74, 6) is 0.724. The highest BCUT2D eigenvalue weighted by Crippen LogP contribution is 2.38. The number of rotatable bonds is 8. The van der Waals surface area contributed by atoms with Crippen molar-refractivity contribution < 1.29 is 24.1 Å². The van der Waals surface area contributed by atoms with Crippen LogP contribution in [-0.2, 0) is 19.0 Å². The second-order valence-electron chi connectivity index (χ2n) is 12.5. The number of ether oxygens (including phenoxy) is 3. The van der Waals surface area contributed by atoms with E-state index in [-0.39, 0.29) is 13.0 Å². The minimum Gasteiger partial charge on any atom is -0.493 e. The van der Waals surface area contributed by atoms with Gasteiger partial charge in [-0.1, -0.05) is 13.5 Å². The summed E-state index contributed by atoms with van der Waals surface area (Å²) in [4.78, 5) is 25.6. The van der Waals surface area contributed by atoms with Crippen LogP contribution < -0.4 is 0 Å². The Hall–Kier alpha value is -2.98. The molecule has 2 unspecified atom stereocenters. The maximum atomic E-state index is 12.8. The number of nitrogens with zero attached hydrogens (tertiary/aromatic N) is 4. The Morgan fingerprint density at radius 1 is 1.14 bits per heavy atom. The van der Waals surface area contributed by atoms with Crippen molar-refractivity contribution in [3.8, 4) is 0 Å². The van der Waals surface area contributed by atoms with E-state index in [1.54, 1.807) is 13.2 Å². The molecule has 0 aromatic carbocycles. The fraction of sp³-hybridized carbons (Fsp3) is 0.600. The van der Waals surface area contributed by atoms with Gasteiger partial charge in [-0.25, -0.2) is 4.79 Å². The predicted molar refractivity (Wildman–Crippen MR) is 173 cm³/mol. The summed E-state index contributed by atoms with van der Waals surface area (Å²) < 4.78 is 17.0. The zero-order valence-electron chi connectivity index (χ0n) is 27.1. The van der Waals surface area contributed by atoms with Gasteiger partial charge < -0.3 is 24.2 Å². The summed E-state index contributed by atoms with van der Waals surface area (Å²) in [6.07, 6.45) is 10.2. The van der Waals surface area contributed by atoms with Gasteiger partial charge in [0.2, 0.25) is 0 Å². The van der Waals surface area contributed by atoms with E-state index in [0.717, 1.165) is 88.4 Å². The van der Waals surface area contributed by atoms with Gasteiger partial charge in [0.1, 0.15) is 6.61 Å². The van der Waals surface area contributed by atoms with E-state index in [4.69, 9.17) is 19.2 Å². The lowest BCUT2D eigenvalue weighted by Crippen LogP contribution is -2.46. The summed E-state index contributed by atoms with van der Waals surface area (Å²) in [6.45, 7) is 16.5. The number of hydrogen-bond donors (Lipinski definition) is 1. The van der Waals surface area contributed by atoms with E-state index >= 15 is 0 Å². The first kappa shape index (κ1) is 32.4. The van der Waals surface area contributed by atoms with Crippen LogP contribution in [0.4, 0.5) is 0 Å². The molecule has 0 radical (unpaired) electrons. The summed E-state index contributed by atoms with van der Waals surface area (Å²) in [5.41, 5.74) is 6.02. The van der Waals surface area contributed by atoms with Crippen molar-refractivity contribution in [2.75, 3.05) is 86.3 Å². The Labute approximate surface area is 262 Å². The molecular formula is C35H50N4O5. The molecule has 2 fully saturated rings. The fourth-order valence-corrected chi connectivity index (χ4v) is 7.05. The number of esters is 1. The maximum Gasteiger partial charge on any atom is 0.343 e. The summed E-state index contributed by atoms with van der Waals surface area (Å²) >= 11 is 0. The minimum absolute atomic E-state index is 0.224. The molecule has 0 aromatic rings. The third-order valence-electron chi connectivity index (χ3n) is 9.49. The molecule has 0 saturated carbocycles. The number of fused-ring (bicyclic) bond motifs is 4. The number of hydrogen-bond acceptors (Lipinski definition) is 9. The van der Waals surface area contributed by atoms with Gasteiger partial charge in [0.15, 0.2) is 17.1 Å². The van der Waals surface area contributed by atoms with Gasteiger partial charge in [-0.2, -0.15) is 0 Å². The zero-order chi connectivity index (χ0) is 31.3. The molecule has 5 aliphatic rings. The molecule has 0 aromatic heterocycles. The molecule has 240 valence electrons. The lowest BCUT2D eigenvalue weighted by Gasteiger charge is -2.36. The molecule has 1 N–H and O–H groups in total. The number of carbonyl (C=O) groups is 1. The van der Waals surface area contributed by atoms with Gasteiger partial charge >= 0.3 is 5.97 Å². The Morgan fingerprint density at radius 2 is 1.91 bits per heavy atom. The molecule has 0 amide bonds. The van der Waals surface area contributed by atoms with Gasteiger partial charge in [-0.3, -0.25) is 14.8 Å². The maximum absolute atomic E-state index is 12.8. The van der Waals surface area contributed by atoms with Crippen molar-refractivity contribution in [1.29, 1.82) is 0 Å². The number of aliphatic hydroxyl groups is 1. The Morgan fingerprint density at radius 3 is 2.59 bits per heavy atom. The van der Waals surface area contributed by atoms with Crippen LogP contribution in [0.1, 0.15) is 46.0 Å². The van der Waals surface area contributed by atoms with Crippen LogP contribution >= 0.6 is 0 Å². The highest BCUT2D eigenvalue weighted by atomic mass is 16.6. The molecule has 2 bridgehead atoms. The molecule has 2 saturated heterocycles. The Kier molecular flexibility index (Phi) is 10.6. The van der Waals surface area contributed by atoms with Crippen molar-refractivity contribution in [1.82, 2.24) is 14.7 Å². The smallest absolute Gasteiger partial charge is 0.343 e. The average molecular weight is 607 g/mol. The fourth-order valence-electron chi connectivity index (χ4n) is 7.05.